The van der Waals surface area contributed by atoms with Crippen LogP contribution in [0.3, 0.4) is 0 Å². The van der Waals surface area contributed by atoms with Crippen molar-refractivity contribution in [2.45, 2.75) is 6.92 Å². The molecule has 1 saturated heterocycles. The molecule has 1 amide bonds. The van der Waals surface area contributed by atoms with Gasteiger partial charge in [-0.1, -0.05) is 24.3 Å². The zero-order valence-electron chi connectivity index (χ0n) is 14.0. The molecule has 1 heterocycles. The van der Waals surface area contributed by atoms with E-state index in [1.807, 2.05) is 61.5 Å². The molecule has 0 atom stereocenters. The number of amides is 1. The lowest BCUT2D eigenvalue weighted by Crippen LogP contribution is -2.19. The molecule has 25 heavy (non-hydrogen) atoms. The largest absolute Gasteiger partial charge is 0.493 e. The first kappa shape index (κ1) is 17.1. The van der Waals surface area contributed by atoms with Crippen LogP contribution in [0.1, 0.15) is 12.5 Å². The Labute approximate surface area is 150 Å². The number of benzene rings is 2. The molecular formula is C19H18N2O3S. The molecule has 0 spiro atoms. The minimum atomic E-state index is -0.159. The Morgan fingerprint density at radius 3 is 2.68 bits per heavy atom. The van der Waals surface area contributed by atoms with Crippen molar-refractivity contribution >= 4 is 34.6 Å². The number of amidine groups is 1. The van der Waals surface area contributed by atoms with E-state index in [1.165, 1.54) is 11.8 Å². The van der Waals surface area contributed by atoms with Crippen molar-refractivity contribution in [1.82, 2.24) is 5.32 Å². The first-order valence-electron chi connectivity index (χ1n) is 7.85. The summed E-state index contributed by atoms with van der Waals surface area (Å²) in [5.74, 6) is 1.16. The molecule has 0 aromatic heterocycles. The minimum absolute atomic E-state index is 0.159. The summed E-state index contributed by atoms with van der Waals surface area (Å²) < 4.78 is 10.9. The summed E-state index contributed by atoms with van der Waals surface area (Å²) in [7, 11) is 1.60. The second-order valence-corrected chi connectivity index (χ2v) is 6.19. The Hall–Kier alpha value is -2.73. The van der Waals surface area contributed by atoms with Crippen LogP contribution in [-0.4, -0.2) is 24.8 Å². The molecule has 6 heteroatoms. The lowest BCUT2D eigenvalue weighted by molar-refractivity contribution is -0.115. The van der Waals surface area contributed by atoms with Crippen LogP contribution in [0.4, 0.5) is 5.69 Å². The van der Waals surface area contributed by atoms with Gasteiger partial charge in [0.15, 0.2) is 16.7 Å². The quantitative estimate of drug-likeness (QED) is 0.825. The van der Waals surface area contributed by atoms with Crippen molar-refractivity contribution in [2.24, 2.45) is 4.99 Å². The third-order valence-electron chi connectivity index (χ3n) is 3.42. The summed E-state index contributed by atoms with van der Waals surface area (Å²) in [6.07, 6.45) is 1.81. The smallest absolute Gasteiger partial charge is 0.264 e. The van der Waals surface area contributed by atoms with Crippen LogP contribution in [0.2, 0.25) is 0 Å². The summed E-state index contributed by atoms with van der Waals surface area (Å²) >= 11 is 1.32. The molecule has 2 aromatic rings. The van der Waals surface area contributed by atoms with E-state index < -0.39 is 0 Å². The van der Waals surface area contributed by atoms with Gasteiger partial charge in [-0.3, -0.25) is 4.79 Å². The lowest BCUT2D eigenvalue weighted by Gasteiger charge is -2.09. The highest BCUT2D eigenvalue weighted by atomic mass is 32.2. The van der Waals surface area contributed by atoms with Crippen LogP contribution in [-0.2, 0) is 4.79 Å². The number of nitrogens with zero attached hydrogens (tertiary/aromatic N) is 1. The van der Waals surface area contributed by atoms with Crippen LogP contribution in [0, 0.1) is 0 Å². The Morgan fingerprint density at radius 2 is 1.96 bits per heavy atom. The first-order valence-corrected chi connectivity index (χ1v) is 8.66. The topological polar surface area (TPSA) is 59.9 Å². The zero-order valence-corrected chi connectivity index (χ0v) is 14.8. The van der Waals surface area contributed by atoms with Crippen molar-refractivity contribution in [3.8, 4) is 11.5 Å². The van der Waals surface area contributed by atoms with Crippen molar-refractivity contribution in [3.63, 3.8) is 0 Å². The summed E-state index contributed by atoms with van der Waals surface area (Å²) in [4.78, 5) is 17.2. The molecule has 0 radical (unpaired) electrons. The molecule has 1 aliphatic heterocycles. The number of rotatable bonds is 5. The minimum Gasteiger partial charge on any atom is -0.493 e. The zero-order chi connectivity index (χ0) is 17.6. The summed E-state index contributed by atoms with van der Waals surface area (Å²) in [6.45, 7) is 2.46. The number of carbonyl (C=O) groups is 1. The van der Waals surface area contributed by atoms with Gasteiger partial charge in [-0.25, -0.2) is 4.99 Å². The highest BCUT2D eigenvalue weighted by Crippen LogP contribution is 2.32. The van der Waals surface area contributed by atoms with Gasteiger partial charge in [0, 0.05) is 0 Å². The Morgan fingerprint density at radius 1 is 1.16 bits per heavy atom. The van der Waals surface area contributed by atoms with Crippen molar-refractivity contribution in [1.29, 1.82) is 0 Å². The lowest BCUT2D eigenvalue weighted by atomic mass is 10.2. The predicted molar refractivity (Wildman–Crippen MR) is 101 cm³/mol. The standard InChI is InChI=1S/C19H18N2O3S/c1-3-24-16-11-13(9-10-15(16)23-2)12-17-18(22)21-19(25-17)20-14-7-5-4-6-8-14/h4-12H,3H2,1-2H3,(H,20,21,22)/b17-12+. The summed E-state index contributed by atoms with van der Waals surface area (Å²) in [6, 6.07) is 15.1. The van der Waals surface area contributed by atoms with Crippen LogP contribution in [0.15, 0.2) is 58.4 Å². The van der Waals surface area contributed by atoms with E-state index in [9.17, 15) is 4.79 Å². The molecule has 1 fully saturated rings. The summed E-state index contributed by atoms with van der Waals surface area (Å²) in [5.41, 5.74) is 1.66. The second-order valence-electron chi connectivity index (χ2n) is 5.16. The number of ether oxygens (including phenoxy) is 2. The first-order chi connectivity index (χ1) is 12.2. The SMILES string of the molecule is CCOc1cc(/C=C2/SC(=Nc3ccccc3)NC2=O)ccc1OC. The normalized spacial score (nSPS) is 17.0. The average molecular weight is 354 g/mol. The Kier molecular flexibility index (Phi) is 5.40. The van der Waals surface area contributed by atoms with Crippen LogP contribution in [0.5, 0.6) is 11.5 Å². The number of nitrogens with one attached hydrogen (secondary N) is 1. The molecule has 5 nitrogen and oxygen atoms in total. The number of thioether (sulfide) groups is 1. The van der Waals surface area contributed by atoms with Crippen molar-refractivity contribution in [3.05, 3.63) is 59.0 Å². The van der Waals surface area contributed by atoms with E-state index in [0.717, 1.165) is 11.3 Å². The van der Waals surface area contributed by atoms with Gasteiger partial charge < -0.3 is 14.8 Å². The van der Waals surface area contributed by atoms with Gasteiger partial charge in [-0.15, -0.1) is 0 Å². The van der Waals surface area contributed by atoms with Gasteiger partial charge in [0.1, 0.15) is 0 Å². The molecular weight excluding hydrogens is 336 g/mol. The molecule has 128 valence electrons. The van der Waals surface area contributed by atoms with Gasteiger partial charge in [0.2, 0.25) is 0 Å². The third kappa shape index (κ3) is 4.22. The number of aliphatic imine (C=N–C) groups is 1. The molecule has 0 saturated carbocycles. The van der Waals surface area contributed by atoms with Crippen molar-refractivity contribution < 1.29 is 14.3 Å². The maximum atomic E-state index is 12.2. The van der Waals surface area contributed by atoms with Gasteiger partial charge in [0.25, 0.3) is 5.91 Å². The molecule has 0 unspecified atom stereocenters. The van der Waals surface area contributed by atoms with E-state index in [-0.39, 0.29) is 5.91 Å². The second kappa shape index (κ2) is 7.90. The predicted octanol–water partition coefficient (Wildman–Crippen LogP) is 3.99. The van der Waals surface area contributed by atoms with Crippen molar-refractivity contribution in [2.75, 3.05) is 13.7 Å². The number of para-hydroxylation sites is 1. The van der Waals surface area contributed by atoms with Gasteiger partial charge >= 0.3 is 0 Å². The fraction of sp³-hybridized carbons (Fsp3) is 0.158. The monoisotopic (exact) mass is 354 g/mol. The van der Waals surface area contributed by atoms with Crippen LogP contribution in [0.25, 0.3) is 6.08 Å². The molecule has 2 aromatic carbocycles. The third-order valence-corrected chi connectivity index (χ3v) is 4.33. The maximum Gasteiger partial charge on any atom is 0.264 e. The molecule has 0 aliphatic carbocycles. The van der Waals surface area contributed by atoms with E-state index in [2.05, 4.69) is 10.3 Å². The van der Waals surface area contributed by atoms with Crippen LogP contribution < -0.4 is 14.8 Å². The van der Waals surface area contributed by atoms with E-state index in [0.29, 0.717) is 28.2 Å². The van der Waals surface area contributed by atoms with Gasteiger partial charge in [-0.05, 0) is 54.6 Å². The fourth-order valence-electron chi connectivity index (χ4n) is 2.30. The fourth-order valence-corrected chi connectivity index (χ4v) is 3.14. The van der Waals surface area contributed by atoms with Gasteiger partial charge in [-0.2, -0.15) is 0 Å². The molecule has 3 rings (SSSR count). The van der Waals surface area contributed by atoms with Gasteiger partial charge in [0.05, 0.1) is 24.3 Å². The molecule has 0 bridgehead atoms. The highest BCUT2D eigenvalue weighted by molar-refractivity contribution is 8.18. The highest BCUT2D eigenvalue weighted by Gasteiger charge is 2.23. The molecule has 1 aliphatic rings. The summed E-state index contributed by atoms with van der Waals surface area (Å²) in [5, 5.41) is 3.36. The number of methoxy groups -OCH3 is 1. The average Bonchev–Trinajstić information content (AvgIpc) is 2.95. The number of hydrogen-bond acceptors (Lipinski definition) is 5. The van der Waals surface area contributed by atoms with Crippen LogP contribution >= 0.6 is 11.8 Å². The number of hydrogen-bond donors (Lipinski definition) is 1. The Bertz CT molecular complexity index is 832. The Balaban J connectivity index is 1.83. The maximum absolute atomic E-state index is 12.2. The van der Waals surface area contributed by atoms with E-state index in [1.54, 1.807) is 7.11 Å². The molecule has 1 N–H and O–H groups in total. The van der Waals surface area contributed by atoms with E-state index in [4.69, 9.17) is 9.47 Å². The van der Waals surface area contributed by atoms with E-state index >= 15 is 0 Å². The number of carbonyl (C=O) groups excluding carboxylic acids is 1.